The van der Waals surface area contributed by atoms with Gasteiger partial charge >= 0.3 is 0 Å². The number of nitrogens with one attached hydrogen (secondary N) is 4. The summed E-state index contributed by atoms with van der Waals surface area (Å²) < 4.78 is 9.19. The van der Waals surface area contributed by atoms with E-state index in [0.29, 0.717) is 38.0 Å². The van der Waals surface area contributed by atoms with Crippen molar-refractivity contribution in [1.82, 2.24) is 16.0 Å². The molecule has 0 aliphatic carbocycles. The lowest BCUT2D eigenvalue weighted by Crippen LogP contribution is -2.36. The fourth-order valence-corrected chi connectivity index (χ4v) is 11.4. The van der Waals surface area contributed by atoms with Crippen molar-refractivity contribution in [3.05, 3.63) is 142 Å². The number of rotatable bonds is 22. The van der Waals surface area contributed by atoms with Crippen LogP contribution in [0.2, 0.25) is 0 Å². The Morgan fingerprint density at radius 2 is 1.17 bits per heavy atom. The normalized spacial score (nSPS) is 14.6. The fraction of sp³-hybridized carbons (Fsp3) is 0.409. The number of carbonyl (C=O) groups excluding carboxylic acids is 3. The number of allylic oxidation sites excluding steroid dienone is 2. The van der Waals surface area contributed by atoms with E-state index < -0.39 is 0 Å². The van der Waals surface area contributed by atoms with Gasteiger partial charge < -0.3 is 35.8 Å². The number of nitrogens with zero attached hydrogens (tertiary/aromatic N) is 4. The van der Waals surface area contributed by atoms with Gasteiger partial charge in [-0.1, -0.05) is 30.7 Å². The number of aromatic nitrogens is 1. The van der Waals surface area contributed by atoms with Gasteiger partial charge in [0.05, 0.1) is 16.4 Å². The van der Waals surface area contributed by atoms with Crippen molar-refractivity contribution in [3.8, 4) is 11.5 Å². The van der Waals surface area contributed by atoms with Crippen molar-refractivity contribution in [1.29, 1.82) is 0 Å². The van der Waals surface area contributed by atoms with Gasteiger partial charge in [-0.2, -0.15) is 4.57 Å². The molecule has 9 rings (SSSR count). The Morgan fingerprint density at radius 3 is 1.78 bits per heavy atom. The zero-order chi connectivity index (χ0) is 55.3. The lowest BCUT2D eigenvalue weighted by atomic mass is 9.85. The number of hydrogen-bond donors (Lipinski definition) is 4. The quantitative estimate of drug-likeness (QED) is 0.0302. The number of fused-ring (bicyclic) bond motifs is 6. The molecule has 408 valence electrons. The molecule has 4 N–H and O–H groups in total. The first-order chi connectivity index (χ1) is 37.3. The number of unbranched alkanes of at least 4 members (excludes halogenated alkanes) is 6. The average Bonchev–Trinajstić information content (AvgIpc) is 3.59. The number of anilines is 3. The Bertz CT molecular complexity index is 3390. The summed E-state index contributed by atoms with van der Waals surface area (Å²) >= 11 is 0. The van der Waals surface area contributed by atoms with E-state index in [-0.39, 0.29) is 28.8 Å². The minimum Gasteiger partial charge on any atom is -0.456 e. The standard InChI is InChI=1S/C66H80N8O4/c1-43-41-65(3,4)70-55-39-59-53(37-51(43)55)63(54-38-52-44(2)42-66(5,6)71-56(52)40-60(54)78-59)45-22-24-46(25-23-45)64(77)69-32-16-11-14-20-61(75)67-30-17-13-18-31-68-62(76)21-15-12-19-33-74-57-35-49(72(7)8)28-26-47(57)34-48-27-29-50(73(9)10)36-58(48)74/h22-29,34-42H,11-21,30-33H2,1-10H3,(H3-,67,68,69,70,71,75,76,77)/p+1. The third kappa shape index (κ3) is 12.9. The second-order valence-corrected chi connectivity index (χ2v) is 23.3. The number of hydrogen-bond acceptors (Lipinski definition) is 8. The molecule has 0 atom stereocenters. The molecule has 3 amide bonds. The SMILES string of the molecule is CC1=CC(C)(C)Nc2cc3c(cc21)C(c1ccc(C(=O)NCCCCCC(=O)NCCCCCNC(=O)CCCCC[n+]2c4cc(N(C)C)ccc4cc4ccc(N(C)C)cc42)cc1)=c1cc2c(cc1O3)=NC(C)(C)C=C2C. The first kappa shape index (κ1) is 55.3. The maximum Gasteiger partial charge on any atom is 0.251 e. The molecule has 1 aromatic heterocycles. The first-order valence-electron chi connectivity index (χ1n) is 28.3. The second kappa shape index (κ2) is 23.6. The molecule has 78 heavy (non-hydrogen) atoms. The van der Waals surface area contributed by atoms with Gasteiger partial charge in [0.25, 0.3) is 5.91 Å². The van der Waals surface area contributed by atoms with Crippen LogP contribution in [-0.4, -0.2) is 76.6 Å². The minimum atomic E-state index is -0.309. The van der Waals surface area contributed by atoms with Crippen molar-refractivity contribution in [2.45, 2.75) is 130 Å². The highest BCUT2D eigenvalue weighted by Crippen LogP contribution is 2.44. The van der Waals surface area contributed by atoms with Gasteiger partial charge in [-0.3, -0.25) is 19.4 Å². The van der Waals surface area contributed by atoms with E-state index in [1.807, 2.05) is 24.3 Å². The molecular weight excluding hydrogens is 969 g/mol. The van der Waals surface area contributed by atoms with Crippen LogP contribution in [0.25, 0.3) is 38.5 Å². The maximum absolute atomic E-state index is 13.4. The molecule has 4 heterocycles. The van der Waals surface area contributed by atoms with Gasteiger partial charge in [-0.25, -0.2) is 0 Å². The van der Waals surface area contributed by atoms with Gasteiger partial charge in [0.1, 0.15) is 18.0 Å². The summed E-state index contributed by atoms with van der Waals surface area (Å²) in [6, 6.07) is 32.2. The largest absolute Gasteiger partial charge is 0.456 e. The number of aryl methyl sites for hydroxylation is 1. The average molecular weight is 1050 g/mol. The number of pyridine rings is 1. The molecule has 3 aliphatic rings. The van der Waals surface area contributed by atoms with E-state index in [2.05, 4.69) is 184 Å². The summed E-state index contributed by atoms with van der Waals surface area (Å²) in [5, 5.41) is 17.3. The molecular formula is C66H81N8O4+. The van der Waals surface area contributed by atoms with Gasteiger partial charge in [0.15, 0.2) is 0 Å². The maximum atomic E-state index is 13.4. The van der Waals surface area contributed by atoms with E-state index >= 15 is 0 Å². The lowest BCUT2D eigenvalue weighted by molar-refractivity contribution is -0.645. The topological polar surface area (TPSA) is 131 Å². The highest BCUT2D eigenvalue weighted by Gasteiger charge is 2.30. The molecule has 0 unspecified atom stereocenters. The van der Waals surface area contributed by atoms with Crippen LogP contribution in [-0.2, 0) is 16.1 Å². The Balaban J connectivity index is 0.671. The molecule has 0 fully saturated rings. The van der Waals surface area contributed by atoms with Gasteiger partial charge in [0, 0.05) is 152 Å². The summed E-state index contributed by atoms with van der Waals surface area (Å²) in [4.78, 5) is 48.0. The summed E-state index contributed by atoms with van der Waals surface area (Å²) in [5.74, 6) is 1.59. The van der Waals surface area contributed by atoms with Crippen LogP contribution in [0.4, 0.5) is 17.1 Å². The molecule has 5 aromatic carbocycles. The van der Waals surface area contributed by atoms with E-state index in [4.69, 9.17) is 9.73 Å². The molecule has 0 radical (unpaired) electrons. The Labute approximate surface area is 461 Å². The van der Waals surface area contributed by atoms with Crippen LogP contribution in [0.5, 0.6) is 11.5 Å². The van der Waals surface area contributed by atoms with Crippen molar-refractivity contribution >= 4 is 73.3 Å². The van der Waals surface area contributed by atoms with Crippen molar-refractivity contribution in [2.24, 2.45) is 4.99 Å². The zero-order valence-corrected chi connectivity index (χ0v) is 47.8. The monoisotopic (exact) mass is 1050 g/mol. The molecule has 0 saturated carbocycles. The van der Waals surface area contributed by atoms with Crippen molar-refractivity contribution < 1.29 is 23.7 Å². The zero-order valence-electron chi connectivity index (χ0n) is 47.8. The Morgan fingerprint density at radius 1 is 0.590 bits per heavy atom. The van der Waals surface area contributed by atoms with E-state index in [1.54, 1.807) is 0 Å². The highest BCUT2D eigenvalue weighted by molar-refractivity contribution is 5.96. The number of ether oxygens (including phenoxy) is 1. The lowest BCUT2D eigenvalue weighted by Gasteiger charge is -2.33. The molecule has 0 bridgehead atoms. The predicted molar refractivity (Wildman–Crippen MR) is 320 cm³/mol. The summed E-state index contributed by atoms with van der Waals surface area (Å²) in [5.41, 5.74) is 13.6. The van der Waals surface area contributed by atoms with E-state index in [9.17, 15) is 14.4 Å². The minimum absolute atomic E-state index is 0.0567. The summed E-state index contributed by atoms with van der Waals surface area (Å²) in [7, 11) is 8.31. The predicted octanol–water partition coefficient (Wildman–Crippen LogP) is 11.1. The molecule has 0 spiro atoms. The van der Waals surface area contributed by atoms with E-state index in [0.717, 1.165) is 120 Å². The highest BCUT2D eigenvalue weighted by atomic mass is 16.5. The Hall–Kier alpha value is -7.47. The van der Waals surface area contributed by atoms with Crippen LogP contribution in [0.15, 0.2) is 108 Å². The number of benzene rings is 5. The molecule has 12 nitrogen and oxygen atoms in total. The molecule has 3 aliphatic heterocycles. The molecule has 12 heteroatoms. The van der Waals surface area contributed by atoms with Gasteiger partial charge in [0.2, 0.25) is 22.8 Å². The van der Waals surface area contributed by atoms with Gasteiger partial charge in [-0.05, 0) is 158 Å². The summed E-state index contributed by atoms with van der Waals surface area (Å²) in [6.45, 7) is 15.6. The van der Waals surface area contributed by atoms with Gasteiger partial charge in [-0.15, -0.1) is 0 Å². The Kier molecular flexibility index (Phi) is 16.8. The molecule has 6 aromatic rings. The second-order valence-electron chi connectivity index (χ2n) is 23.3. The smallest absolute Gasteiger partial charge is 0.251 e. The van der Waals surface area contributed by atoms with E-state index in [1.165, 1.54) is 44.3 Å². The van der Waals surface area contributed by atoms with Crippen molar-refractivity contribution in [3.63, 3.8) is 0 Å². The third-order valence-electron chi connectivity index (χ3n) is 15.4. The molecule has 0 saturated heterocycles. The van der Waals surface area contributed by atoms with Crippen LogP contribution >= 0.6 is 0 Å². The first-order valence-corrected chi connectivity index (χ1v) is 28.3. The third-order valence-corrected chi connectivity index (χ3v) is 15.4. The fourth-order valence-electron chi connectivity index (χ4n) is 11.4. The van der Waals surface area contributed by atoms with Crippen LogP contribution in [0.3, 0.4) is 0 Å². The summed E-state index contributed by atoms with van der Waals surface area (Å²) in [6.07, 6.45) is 13.4. The van der Waals surface area contributed by atoms with Crippen molar-refractivity contribution in [2.75, 3.05) is 62.9 Å². The number of carbonyl (C=O) groups is 3. The van der Waals surface area contributed by atoms with Crippen LogP contribution < -0.4 is 50.9 Å². The number of amides is 3. The van der Waals surface area contributed by atoms with Crippen LogP contribution in [0.1, 0.15) is 145 Å². The van der Waals surface area contributed by atoms with Crippen LogP contribution in [0, 0.1) is 0 Å².